The van der Waals surface area contributed by atoms with E-state index in [-0.39, 0.29) is 11.3 Å². The van der Waals surface area contributed by atoms with Crippen LogP contribution in [-0.2, 0) is 0 Å². The summed E-state index contributed by atoms with van der Waals surface area (Å²) in [6.45, 7) is 0. The van der Waals surface area contributed by atoms with Crippen LogP contribution in [0.25, 0.3) is 38.1 Å². The van der Waals surface area contributed by atoms with Crippen LogP contribution in [0.4, 0.5) is 0 Å². The number of nitrogen functional groups attached to an aromatic ring is 1. The maximum Gasteiger partial charge on any atom is 0.283 e. The molecule has 0 saturated heterocycles. The van der Waals surface area contributed by atoms with E-state index in [9.17, 15) is 9.59 Å². The van der Waals surface area contributed by atoms with Crippen molar-refractivity contribution in [1.82, 2.24) is 14.8 Å². The van der Waals surface area contributed by atoms with E-state index >= 15 is 0 Å². The number of hydrogen-bond donors (Lipinski definition) is 2. The van der Waals surface area contributed by atoms with Gasteiger partial charge in [0.1, 0.15) is 5.69 Å². The van der Waals surface area contributed by atoms with Gasteiger partial charge in [-0.1, -0.05) is 36.4 Å². The average molecular weight is 328 g/mol. The molecule has 5 rings (SSSR count). The minimum Gasteiger partial charge on any atom is -0.289 e. The molecule has 3 N–H and O–H groups in total. The van der Waals surface area contributed by atoms with Gasteiger partial charge in [0.25, 0.3) is 11.5 Å². The Bertz CT molecular complexity index is 1370. The number of carbonyl (C=O) groups excluding carboxylic acids is 1. The number of amides is 1. The third-order valence-corrected chi connectivity index (χ3v) is 4.63. The van der Waals surface area contributed by atoms with Crippen LogP contribution < -0.4 is 16.8 Å². The Labute approximate surface area is 140 Å². The Morgan fingerprint density at radius 3 is 2.40 bits per heavy atom. The molecule has 1 amide bonds. The first-order valence-corrected chi connectivity index (χ1v) is 7.80. The van der Waals surface area contributed by atoms with Crippen molar-refractivity contribution in [3.63, 3.8) is 0 Å². The molecule has 0 radical (unpaired) electrons. The number of pyridine rings is 2. The second kappa shape index (κ2) is 4.75. The number of nitrogens with one attached hydrogen (secondary N) is 1. The highest BCUT2D eigenvalue weighted by molar-refractivity contribution is 6.20. The van der Waals surface area contributed by atoms with Crippen molar-refractivity contribution in [3.8, 4) is 0 Å². The lowest BCUT2D eigenvalue weighted by molar-refractivity contribution is 0.0949. The third-order valence-electron chi connectivity index (χ3n) is 4.63. The Morgan fingerprint density at radius 2 is 1.64 bits per heavy atom. The van der Waals surface area contributed by atoms with Crippen LogP contribution in [0, 0.1) is 0 Å². The molecule has 0 spiro atoms. The monoisotopic (exact) mass is 328 g/mol. The first-order valence-electron chi connectivity index (χ1n) is 7.80. The highest BCUT2D eigenvalue weighted by Gasteiger charge is 2.20. The number of aromatic nitrogens is 2. The van der Waals surface area contributed by atoms with Crippen molar-refractivity contribution in [2.75, 3.05) is 0 Å². The van der Waals surface area contributed by atoms with Crippen molar-refractivity contribution in [2.24, 2.45) is 5.84 Å². The zero-order valence-electron chi connectivity index (χ0n) is 13.0. The highest BCUT2D eigenvalue weighted by Crippen LogP contribution is 2.33. The average Bonchev–Trinajstić information content (AvgIpc) is 3.00. The molecule has 25 heavy (non-hydrogen) atoms. The van der Waals surface area contributed by atoms with E-state index in [0.717, 1.165) is 27.2 Å². The summed E-state index contributed by atoms with van der Waals surface area (Å²) in [4.78, 5) is 29.7. The third kappa shape index (κ3) is 1.68. The number of benzene rings is 2. The van der Waals surface area contributed by atoms with E-state index < -0.39 is 5.91 Å². The predicted octanol–water partition coefficient (Wildman–Crippen LogP) is 2.20. The fourth-order valence-corrected chi connectivity index (χ4v) is 3.57. The van der Waals surface area contributed by atoms with Gasteiger partial charge >= 0.3 is 0 Å². The highest BCUT2D eigenvalue weighted by atomic mass is 16.2. The van der Waals surface area contributed by atoms with Crippen LogP contribution in [0.15, 0.2) is 59.4 Å². The number of nitrogens with two attached hydrogens (primary N) is 1. The Morgan fingerprint density at radius 1 is 0.960 bits per heavy atom. The van der Waals surface area contributed by atoms with E-state index in [1.54, 1.807) is 16.5 Å². The standard InChI is InChI=1S/C19H12N4O2/c20-22-18(24)14-9-13-10-5-3-4-8-15(10)23-17(13)16(21-14)11-6-1-2-7-12(11)19(23)25/h1-9H,20H2,(H,22,24). The lowest BCUT2D eigenvalue weighted by atomic mass is 10.1. The Hall–Kier alpha value is -3.51. The quantitative estimate of drug-likeness (QED) is 0.214. The number of hydrogen-bond acceptors (Lipinski definition) is 4. The zero-order valence-corrected chi connectivity index (χ0v) is 13.0. The zero-order chi connectivity index (χ0) is 17.1. The van der Waals surface area contributed by atoms with Crippen molar-refractivity contribution in [2.45, 2.75) is 0 Å². The maximum atomic E-state index is 13.1. The predicted molar refractivity (Wildman–Crippen MR) is 96.8 cm³/mol. The largest absolute Gasteiger partial charge is 0.289 e. The molecule has 0 saturated carbocycles. The van der Waals surface area contributed by atoms with Gasteiger partial charge in [-0.05, 0) is 18.2 Å². The molecule has 3 heterocycles. The van der Waals surface area contributed by atoms with E-state index in [2.05, 4.69) is 10.4 Å². The maximum absolute atomic E-state index is 13.1. The minimum absolute atomic E-state index is 0.0906. The fraction of sp³-hybridized carbons (Fsp3) is 0. The summed E-state index contributed by atoms with van der Waals surface area (Å²) in [5.41, 5.74) is 4.39. The molecule has 0 aliphatic carbocycles. The second-order valence-corrected chi connectivity index (χ2v) is 5.93. The molecule has 0 fully saturated rings. The van der Waals surface area contributed by atoms with Gasteiger partial charge in [-0.3, -0.25) is 19.4 Å². The molecular weight excluding hydrogens is 316 g/mol. The summed E-state index contributed by atoms with van der Waals surface area (Å²) in [5.74, 6) is 4.82. The van der Waals surface area contributed by atoms with Crippen LogP contribution in [-0.4, -0.2) is 15.3 Å². The van der Waals surface area contributed by atoms with Crippen LogP contribution in [0.5, 0.6) is 0 Å². The molecular formula is C19H12N4O2. The first kappa shape index (κ1) is 13.9. The molecule has 3 aromatic heterocycles. The number of carbonyl (C=O) groups is 1. The SMILES string of the molecule is NNC(=O)c1cc2c3ccccc3n3c(=O)c4ccccc4c(n1)c23. The van der Waals surface area contributed by atoms with Crippen LogP contribution in [0.1, 0.15) is 10.5 Å². The van der Waals surface area contributed by atoms with Crippen molar-refractivity contribution >= 4 is 44.0 Å². The molecule has 6 nitrogen and oxygen atoms in total. The van der Waals surface area contributed by atoms with Gasteiger partial charge in [0.15, 0.2) is 0 Å². The van der Waals surface area contributed by atoms with Crippen molar-refractivity contribution in [1.29, 1.82) is 0 Å². The summed E-state index contributed by atoms with van der Waals surface area (Å²) in [6.07, 6.45) is 0. The van der Waals surface area contributed by atoms with Gasteiger partial charge in [-0.2, -0.15) is 0 Å². The topological polar surface area (TPSA) is 89.5 Å². The van der Waals surface area contributed by atoms with E-state index in [1.165, 1.54) is 0 Å². The van der Waals surface area contributed by atoms with Gasteiger partial charge in [0.2, 0.25) is 0 Å². The molecule has 0 unspecified atom stereocenters. The molecule has 120 valence electrons. The summed E-state index contributed by atoms with van der Waals surface area (Å²) >= 11 is 0. The number of para-hydroxylation sites is 1. The first-order chi connectivity index (χ1) is 12.2. The number of rotatable bonds is 1. The minimum atomic E-state index is -0.468. The van der Waals surface area contributed by atoms with Crippen LogP contribution >= 0.6 is 0 Å². The lowest BCUT2D eigenvalue weighted by Crippen LogP contribution is -2.30. The smallest absolute Gasteiger partial charge is 0.283 e. The Kier molecular flexibility index (Phi) is 2.64. The molecule has 0 aliphatic rings. The Balaban J connectivity index is 2.19. The van der Waals surface area contributed by atoms with E-state index in [1.807, 2.05) is 42.5 Å². The van der Waals surface area contributed by atoms with Gasteiger partial charge in [-0.15, -0.1) is 0 Å². The number of fused-ring (bicyclic) bond motifs is 5. The second-order valence-electron chi connectivity index (χ2n) is 5.93. The summed E-state index contributed by atoms with van der Waals surface area (Å²) in [6, 6.07) is 16.6. The van der Waals surface area contributed by atoms with Crippen molar-refractivity contribution in [3.05, 3.63) is 70.6 Å². The van der Waals surface area contributed by atoms with Gasteiger partial charge in [-0.25, -0.2) is 10.8 Å². The molecule has 2 aromatic carbocycles. The summed E-state index contributed by atoms with van der Waals surface area (Å²) in [7, 11) is 0. The molecule has 0 atom stereocenters. The van der Waals surface area contributed by atoms with Gasteiger partial charge in [0.05, 0.1) is 16.6 Å². The van der Waals surface area contributed by atoms with Gasteiger partial charge in [0, 0.05) is 21.5 Å². The number of nitrogens with zero attached hydrogens (tertiary/aromatic N) is 2. The summed E-state index contributed by atoms with van der Waals surface area (Å²) in [5, 5.41) is 2.99. The summed E-state index contributed by atoms with van der Waals surface area (Å²) < 4.78 is 1.68. The number of hydrazine groups is 1. The molecule has 5 aromatic rings. The molecule has 0 bridgehead atoms. The van der Waals surface area contributed by atoms with Crippen LogP contribution in [0.3, 0.4) is 0 Å². The normalized spacial score (nSPS) is 11.7. The van der Waals surface area contributed by atoms with Crippen molar-refractivity contribution < 1.29 is 4.79 Å². The molecule has 6 heteroatoms. The van der Waals surface area contributed by atoms with Gasteiger partial charge < -0.3 is 0 Å². The lowest BCUT2D eigenvalue weighted by Gasteiger charge is -2.07. The van der Waals surface area contributed by atoms with Crippen LogP contribution in [0.2, 0.25) is 0 Å². The van der Waals surface area contributed by atoms with E-state index in [4.69, 9.17) is 5.84 Å². The molecule has 0 aliphatic heterocycles. The fourth-order valence-electron chi connectivity index (χ4n) is 3.57. The van der Waals surface area contributed by atoms with E-state index in [0.29, 0.717) is 10.9 Å².